The average Bonchev–Trinajstić information content (AvgIpc) is 2.61. The molecule has 1 amide bonds. The molecular formula is C19H20ClNO4S. The van der Waals surface area contributed by atoms with Gasteiger partial charge in [0.15, 0.2) is 6.10 Å². The minimum atomic E-state index is -0.800. The average molecular weight is 394 g/mol. The third-order valence-electron chi connectivity index (χ3n) is 3.43. The highest BCUT2D eigenvalue weighted by Gasteiger charge is 2.16. The molecule has 2 aromatic rings. The number of carbonyl (C=O) groups is 2. The predicted octanol–water partition coefficient (Wildman–Crippen LogP) is 4.45. The number of rotatable bonds is 9. The summed E-state index contributed by atoms with van der Waals surface area (Å²) in [5, 5.41) is 11.9. The first-order valence-electron chi connectivity index (χ1n) is 8.06. The molecule has 138 valence electrons. The fourth-order valence-electron chi connectivity index (χ4n) is 2.12. The minimum absolute atomic E-state index is 0.137. The van der Waals surface area contributed by atoms with Gasteiger partial charge in [-0.15, -0.1) is 0 Å². The summed E-state index contributed by atoms with van der Waals surface area (Å²) in [6, 6.07) is 14.4. The van der Waals surface area contributed by atoms with E-state index in [9.17, 15) is 9.59 Å². The normalized spacial score (nSPS) is 11.6. The summed E-state index contributed by atoms with van der Waals surface area (Å²) in [5.74, 6) is 0.615. The topological polar surface area (TPSA) is 75.6 Å². The SMILES string of the molecule is CC(Oc1ccccc1Cl)C(=O)Nc1cccc(CSCCC(=O)O)c1. The van der Waals surface area contributed by atoms with Crippen LogP contribution in [0.5, 0.6) is 5.75 Å². The van der Waals surface area contributed by atoms with Crippen molar-refractivity contribution in [3.05, 3.63) is 59.1 Å². The van der Waals surface area contributed by atoms with Crippen molar-refractivity contribution >= 4 is 40.9 Å². The zero-order valence-electron chi connectivity index (χ0n) is 14.3. The van der Waals surface area contributed by atoms with Gasteiger partial charge in [-0.1, -0.05) is 35.9 Å². The Morgan fingerprint density at radius 1 is 1.23 bits per heavy atom. The minimum Gasteiger partial charge on any atom is -0.481 e. The van der Waals surface area contributed by atoms with Crippen molar-refractivity contribution in [2.24, 2.45) is 0 Å². The van der Waals surface area contributed by atoms with Crippen LogP contribution in [0.1, 0.15) is 18.9 Å². The van der Waals surface area contributed by atoms with E-state index >= 15 is 0 Å². The van der Waals surface area contributed by atoms with E-state index in [-0.39, 0.29) is 12.3 Å². The lowest BCUT2D eigenvalue weighted by Crippen LogP contribution is -2.30. The molecule has 2 N–H and O–H groups in total. The van der Waals surface area contributed by atoms with E-state index in [2.05, 4.69) is 5.32 Å². The molecule has 0 aliphatic rings. The van der Waals surface area contributed by atoms with Crippen LogP contribution in [0.4, 0.5) is 5.69 Å². The Morgan fingerprint density at radius 2 is 2.00 bits per heavy atom. The number of benzene rings is 2. The van der Waals surface area contributed by atoms with Gasteiger partial charge < -0.3 is 15.2 Å². The first kappa shape index (κ1) is 20.1. The molecule has 7 heteroatoms. The molecular weight excluding hydrogens is 374 g/mol. The first-order valence-corrected chi connectivity index (χ1v) is 9.59. The summed E-state index contributed by atoms with van der Waals surface area (Å²) in [6.07, 6.45) is -0.568. The van der Waals surface area contributed by atoms with Crippen LogP contribution in [0.3, 0.4) is 0 Å². The number of carbonyl (C=O) groups excluding carboxylic acids is 1. The van der Waals surface area contributed by atoms with Crippen LogP contribution in [0, 0.1) is 0 Å². The second-order valence-electron chi connectivity index (χ2n) is 5.58. The second-order valence-corrected chi connectivity index (χ2v) is 7.09. The summed E-state index contributed by atoms with van der Waals surface area (Å²) in [7, 11) is 0. The largest absolute Gasteiger partial charge is 0.481 e. The first-order chi connectivity index (χ1) is 12.5. The van der Waals surface area contributed by atoms with E-state index in [1.54, 1.807) is 37.3 Å². The number of nitrogens with one attached hydrogen (secondary N) is 1. The zero-order chi connectivity index (χ0) is 18.9. The van der Waals surface area contributed by atoms with Gasteiger partial charge in [-0.05, 0) is 36.8 Å². The fraction of sp³-hybridized carbons (Fsp3) is 0.263. The number of halogens is 1. The molecule has 5 nitrogen and oxygen atoms in total. The molecule has 0 aromatic heterocycles. The van der Waals surface area contributed by atoms with Crippen molar-refractivity contribution in [1.29, 1.82) is 0 Å². The zero-order valence-corrected chi connectivity index (χ0v) is 15.8. The number of carboxylic acids is 1. The van der Waals surface area contributed by atoms with Crippen molar-refractivity contribution < 1.29 is 19.4 Å². The Balaban J connectivity index is 1.89. The van der Waals surface area contributed by atoms with Crippen LogP contribution in [0.25, 0.3) is 0 Å². The molecule has 26 heavy (non-hydrogen) atoms. The lowest BCUT2D eigenvalue weighted by atomic mass is 10.2. The molecule has 0 heterocycles. The quantitative estimate of drug-likeness (QED) is 0.615. The maximum atomic E-state index is 12.3. The van der Waals surface area contributed by atoms with Gasteiger partial charge in [0.25, 0.3) is 5.91 Å². The highest BCUT2D eigenvalue weighted by molar-refractivity contribution is 7.98. The van der Waals surface area contributed by atoms with Gasteiger partial charge in [0.2, 0.25) is 0 Å². The Kier molecular flexibility index (Phi) is 7.81. The Hall–Kier alpha value is -2.18. The summed E-state index contributed by atoms with van der Waals surface area (Å²) in [4.78, 5) is 22.8. The molecule has 0 radical (unpaired) electrons. The van der Waals surface area contributed by atoms with Gasteiger partial charge >= 0.3 is 5.97 Å². The number of ether oxygens (including phenoxy) is 1. The number of hydrogen-bond donors (Lipinski definition) is 2. The number of para-hydroxylation sites is 1. The van der Waals surface area contributed by atoms with Crippen LogP contribution < -0.4 is 10.1 Å². The van der Waals surface area contributed by atoms with Crippen LogP contribution in [0.2, 0.25) is 5.02 Å². The van der Waals surface area contributed by atoms with E-state index in [1.165, 1.54) is 11.8 Å². The third-order valence-corrected chi connectivity index (χ3v) is 4.78. The molecule has 1 unspecified atom stereocenters. The van der Waals surface area contributed by atoms with Crippen molar-refractivity contribution in [3.63, 3.8) is 0 Å². The molecule has 0 aliphatic heterocycles. The number of thioether (sulfide) groups is 1. The van der Waals surface area contributed by atoms with Gasteiger partial charge in [0.05, 0.1) is 11.4 Å². The maximum Gasteiger partial charge on any atom is 0.304 e. The van der Waals surface area contributed by atoms with Crippen molar-refractivity contribution in [3.8, 4) is 5.75 Å². The van der Waals surface area contributed by atoms with Gasteiger partial charge in [-0.2, -0.15) is 11.8 Å². The maximum absolute atomic E-state index is 12.3. The lowest BCUT2D eigenvalue weighted by molar-refractivity contribution is -0.136. The van der Waals surface area contributed by atoms with Crippen molar-refractivity contribution in [2.45, 2.75) is 25.2 Å². The number of hydrogen-bond acceptors (Lipinski definition) is 4. The van der Waals surface area contributed by atoms with E-state index < -0.39 is 12.1 Å². The number of anilines is 1. The molecule has 2 rings (SSSR count). The van der Waals surface area contributed by atoms with Gasteiger partial charge in [-0.25, -0.2) is 0 Å². The fourth-order valence-corrected chi connectivity index (χ4v) is 3.18. The second kappa shape index (κ2) is 10.1. The summed E-state index contributed by atoms with van der Waals surface area (Å²) < 4.78 is 5.61. The number of amides is 1. The number of aliphatic carboxylic acids is 1. The third kappa shape index (κ3) is 6.61. The summed E-state index contributed by atoms with van der Waals surface area (Å²) >= 11 is 7.58. The molecule has 0 saturated carbocycles. The van der Waals surface area contributed by atoms with Crippen LogP contribution in [-0.4, -0.2) is 28.8 Å². The standard InChI is InChI=1S/C19H20ClNO4S/c1-13(25-17-8-3-2-7-16(17)20)19(24)21-15-6-4-5-14(11-15)12-26-10-9-18(22)23/h2-8,11,13H,9-10,12H2,1H3,(H,21,24)(H,22,23). The van der Waals surface area contributed by atoms with Crippen LogP contribution in [0.15, 0.2) is 48.5 Å². The number of carboxylic acid groups (broad SMARTS) is 1. The van der Waals surface area contributed by atoms with Crippen LogP contribution >= 0.6 is 23.4 Å². The van der Waals surface area contributed by atoms with Gasteiger partial charge in [0.1, 0.15) is 5.75 Å². The van der Waals surface area contributed by atoms with E-state index in [4.69, 9.17) is 21.4 Å². The molecule has 0 bridgehead atoms. The lowest BCUT2D eigenvalue weighted by Gasteiger charge is -2.16. The van der Waals surface area contributed by atoms with E-state index in [0.717, 1.165) is 5.56 Å². The molecule has 0 fully saturated rings. The summed E-state index contributed by atoms with van der Waals surface area (Å²) in [6.45, 7) is 1.66. The summed E-state index contributed by atoms with van der Waals surface area (Å²) in [5.41, 5.74) is 1.68. The van der Waals surface area contributed by atoms with Gasteiger partial charge in [0, 0.05) is 17.2 Å². The predicted molar refractivity (Wildman–Crippen MR) is 105 cm³/mol. The van der Waals surface area contributed by atoms with Crippen LogP contribution in [-0.2, 0) is 15.3 Å². The molecule has 0 saturated heterocycles. The van der Waals surface area contributed by atoms with E-state index in [0.29, 0.717) is 28.0 Å². The Bertz CT molecular complexity index is 769. The molecule has 2 aromatic carbocycles. The smallest absolute Gasteiger partial charge is 0.304 e. The van der Waals surface area contributed by atoms with Crippen molar-refractivity contribution in [1.82, 2.24) is 0 Å². The molecule has 0 spiro atoms. The van der Waals surface area contributed by atoms with Gasteiger partial charge in [-0.3, -0.25) is 9.59 Å². The highest BCUT2D eigenvalue weighted by Crippen LogP contribution is 2.24. The molecule has 0 aliphatic carbocycles. The van der Waals surface area contributed by atoms with Crippen molar-refractivity contribution in [2.75, 3.05) is 11.1 Å². The van der Waals surface area contributed by atoms with E-state index in [1.807, 2.05) is 18.2 Å². The molecule has 1 atom stereocenters. The monoisotopic (exact) mass is 393 g/mol. The highest BCUT2D eigenvalue weighted by atomic mass is 35.5. The Morgan fingerprint density at radius 3 is 2.73 bits per heavy atom. The Labute approximate surface area is 161 Å².